The Morgan fingerprint density at radius 1 is 1.00 bits per heavy atom. The molecule has 0 bridgehead atoms. The molecule has 0 unspecified atom stereocenters. The van der Waals surface area contributed by atoms with Gasteiger partial charge in [0.2, 0.25) is 0 Å². The Hall–Kier alpha value is -1.22. The predicted octanol–water partition coefficient (Wildman–Crippen LogP) is 4.94. The highest BCUT2D eigenvalue weighted by molar-refractivity contribution is 6.36. The van der Waals surface area contributed by atoms with Crippen LogP contribution < -0.4 is 0 Å². The maximum absolute atomic E-state index is 10.7. The van der Waals surface area contributed by atoms with Gasteiger partial charge in [-0.3, -0.25) is 4.79 Å². The van der Waals surface area contributed by atoms with Crippen LogP contribution >= 0.6 is 34.8 Å². The number of carboxylic acids is 1. The van der Waals surface area contributed by atoms with Crippen molar-refractivity contribution >= 4 is 40.8 Å². The van der Waals surface area contributed by atoms with E-state index in [0.717, 1.165) is 11.1 Å². The molecule has 0 amide bonds. The fourth-order valence-electron chi connectivity index (χ4n) is 1.74. The largest absolute Gasteiger partial charge is 0.481 e. The van der Waals surface area contributed by atoms with Crippen molar-refractivity contribution < 1.29 is 9.90 Å². The summed E-state index contributed by atoms with van der Waals surface area (Å²) in [7, 11) is 0. The third-order valence-corrected chi connectivity index (χ3v) is 3.54. The van der Waals surface area contributed by atoms with Gasteiger partial charge in [0.05, 0.1) is 6.42 Å². The van der Waals surface area contributed by atoms with E-state index < -0.39 is 5.97 Å². The molecule has 0 heterocycles. The van der Waals surface area contributed by atoms with Gasteiger partial charge in [0.15, 0.2) is 0 Å². The van der Waals surface area contributed by atoms with Gasteiger partial charge in [-0.05, 0) is 29.3 Å². The fraction of sp³-hybridized carbons (Fsp3) is 0.0714. The Morgan fingerprint density at radius 2 is 1.74 bits per heavy atom. The summed E-state index contributed by atoms with van der Waals surface area (Å²) in [4.78, 5) is 10.7. The monoisotopic (exact) mass is 314 g/mol. The van der Waals surface area contributed by atoms with Gasteiger partial charge in [-0.1, -0.05) is 53.0 Å². The van der Waals surface area contributed by atoms with E-state index in [-0.39, 0.29) is 6.42 Å². The van der Waals surface area contributed by atoms with Crippen LogP contribution in [0.3, 0.4) is 0 Å². The summed E-state index contributed by atoms with van der Waals surface area (Å²) in [5, 5.41) is 10.2. The van der Waals surface area contributed by atoms with Gasteiger partial charge < -0.3 is 5.11 Å². The fourth-order valence-corrected chi connectivity index (χ4v) is 2.51. The molecule has 0 saturated carbocycles. The molecular formula is C14H9Cl3O2. The Kier molecular flexibility index (Phi) is 4.35. The molecule has 2 aromatic rings. The van der Waals surface area contributed by atoms with Crippen LogP contribution in [0.1, 0.15) is 5.56 Å². The molecule has 2 rings (SSSR count). The molecule has 0 radical (unpaired) electrons. The maximum Gasteiger partial charge on any atom is 0.307 e. The first-order valence-electron chi connectivity index (χ1n) is 5.43. The van der Waals surface area contributed by atoms with E-state index in [1.807, 2.05) is 0 Å². The van der Waals surface area contributed by atoms with Crippen LogP contribution in [0.2, 0.25) is 15.1 Å². The molecule has 0 aromatic heterocycles. The molecular weight excluding hydrogens is 307 g/mol. The number of rotatable bonds is 3. The first kappa shape index (κ1) is 14.2. The van der Waals surface area contributed by atoms with Crippen LogP contribution in [0.25, 0.3) is 11.1 Å². The third kappa shape index (κ3) is 3.41. The van der Waals surface area contributed by atoms with E-state index in [9.17, 15) is 4.79 Å². The highest BCUT2D eigenvalue weighted by Crippen LogP contribution is 2.32. The lowest BCUT2D eigenvalue weighted by molar-refractivity contribution is -0.136. The lowest BCUT2D eigenvalue weighted by Gasteiger charge is -2.08. The number of carboxylic acid groups (broad SMARTS) is 1. The van der Waals surface area contributed by atoms with Gasteiger partial charge in [-0.15, -0.1) is 0 Å². The minimum Gasteiger partial charge on any atom is -0.481 e. The number of hydrogen-bond acceptors (Lipinski definition) is 1. The lowest BCUT2D eigenvalue weighted by Crippen LogP contribution is -2.00. The number of halogens is 3. The van der Waals surface area contributed by atoms with Crippen molar-refractivity contribution in [3.8, 4) is 11.1 Å². The zero-order valence-corrected chi connectivity index (χ0v) is 11.9. The lowest BCUT2D eigenvalue weighted by atomic mass is 10.0. The van der Waals surface area contributed by atoms with Gasteiger partial charge in [-0.2, -0.15) is 0 Å². The molecule has 2 nitrogen and oxygen atoms in total. The third-order valence-electron chi connectivity index (χ3n) is 2.64. The second kappa shape index (κ2) is 5.83. The Labute approximate surface area is 125 Å². The number of hydrogen-bond donors (Lipinski definition) is 1. The van der Waals surface area contributed by atoms with E-state index in [4.69, 9.17) is 39.9 Å². The van der Waals surface area contributed by atoms with Crippen molar-refractivity contribution in [3.05, 3.63) is 57.0 Å². The molecule has 0 saturated heterocycles. The smallest absolute Gasteiger partial charge is 0.307 e. The van der Waals surface area contributed by atoms with E-state index in [2.05, 4.69) is 0 Å². The van der Waals surface area contributed by atoms with Crippen molar-refractivity contribution in [2.24, 2.45) is 0 Å². The number of benzene rings is 2. The zero-order valence-electron chi connectivity index (χ0n) is 9.66. The van der Waals surface area contributed by atoms with E-state index in [1.54, 1.807) is 36.4 Å². The molecule has 0 fully saturated rings. The van der Waals surface area contributed by atoms with Crippen molar-refractivity contribution in [1.29, 1.82) is 0 Å². The minimum atomic E-state index is -0.917. The van der Waals surface area contributed by atoms with Crippen LogP contribution in [0.5, 0.6) is 0 Å². The molecule has 0 aliphatic heterocycles. The molecule has 1 N–H and O–H groups in total. The van der Waals surface area contributed by atoms with Crippen molar-refractivity contribution in [1.82, 2.24) is 0 Å². The van der Waals surface area contributed by atoms with Gasteiger partial charge in [0.25, 0.3) is 0 Å². The number of aliphatic carboxylic acids is 1. The van der Waals surface area contributed by atoms with Crippen LogP contribution in [-0.2, 0) is 11.2 Å². The van der Waals surface area contributed by atoms with Crippen LogP contribution in [0, 0.1) is 0 Å². The summed E-state index contributed by atoms with van der Waals surface area (Å²) in [5.74, 6) is -0.917. The molecule has 5 heteroatoms. The summed E-state index contributed by atoms with van der Waals surface area (Å²) >= 11 is 18.0. The Balaban J connectivity index is 2.41. The first-order chi connectivity index (χ1) is 8.97. The Bertz CT molecular complexity index is 639. The average molecular weight is 316 g/mol. The van der Waals surface area contributed by atoms with Gasteiger partial charge >= 0.3 is 5.97 Å². The SMILES string of the molecule is O=C(O)Cc1ccc(-c2ccc(Cl)cc2Cl)cc1Cl. The highest BCUT2D eigenvalue weighted by Gasteiger charge is 2.09. The number of carbonyl (C=O) groups is 1. The maximum atomic E-state index is 10.7. The summed E-state index contributed by atoms with van der Waals surface area (Å²) in [5.41, 5.74) is 2.19. The first-order valence-corrected chi connectivity index (χ1v) is 6.56. The summed E-state index contributed by atoms with van der Waals surface area (Å²) in [6, 6.07) is 10.4. The standard InChI is InChI=1S/C14H9Cl3O2/c15-10-3-4-11(13(17)7-10)8-1-2-9(6-14(18)19)12(16)5-8/h1-5,7H,6H2,(H,18,19). The molecule has 0 aliphatic carbocycles. The summed E-state index contributed by atoms with van der Waals surface area (Å²) < 4.78 is 0. The molecule has 19 heavy (non-hydrogen) atoms. The van der Waals surface area contributed by atoms with Crippen LogP contribution in [-0.4, -0.2) is 11.1 Å². The molecule has 0 spiro atoms. The highest BCUT2D eigenvalue weighted by atomic mass is 35.5. The molecule has 0 aliphatic rings. The minimum absolute atomic E-state index is 0.104. The zero-order chi connectivity index (χ0) is 14.0. The summed E-state index contributed by atoms with van der Waals surface area (Å²) in [6.45, 7) is 0. The normalized spacial score (nSPS) is 10.5. The van der Waals surface area contributed by atoms with Gasteiger partial charge in [-0.25, -0.2) is 0 Å². The van der Waals surface area contributed by atoms with E-state index in [1.165, 1.54) is 0 Å². The molecule has 98 valence electrons. The molecule has 2 aromatic carbocycles. The summed E-state index contributed by atoms with van der Waals surface area (Å²) in [6.07, 6.45) is -0.104. The second-order valence-electron chi connectivity index (χ2n) is 4.00. The topological polar surface area (TPSA) is 37.3 Å². The average Bonchev–Trinajstić information content (AvgIpc) is 2.31. The van der Waals surface area contributed by atoms with Crippen molar-refractivity contribution in [2.75, 3.05) is 0 Å². The Morgan fingerprint density at radius 3 is 2.32 bits per heavy atom. The van der Waals surface area contributed by atoms with Crippen LogP contribution in [0.4, 0.5) is 0 Å². The van der Waals surface area contributed by atoms with Gasteiger partial charge in [0, 0.05) is 20.6 Å². The van der Waals surface area contributed by atoms with Crippen molar-refractivity contribution in [3.63, 3.8) is 0 Å². The quantitative estimate of drug-likeness (QED) is 0.871. The predicted molar refractivity (Wildman–Crippen MR) is 78.2 cm³/mol. The molecule has 0 atom stereocenters. The van der Waals surface area contributed by atoms with Crippen LogP contribution in [0.15, 0.2) is 36.4 Å². The van der Waals surface area contributed by atoms with Gasteiger partial charge in [0.1, 0.15) is 0 Å². The second-order valence-corrected chi connectivity index (χ2v) is 5.25. The van der Waals surface area contributed by atoms with E-state index >= 15 is 0 Å². The van der Waals surface area contributed by atoms with E-state index in [0.29, 0.717) is 20.6 Å². The van der Waals surface area contributed by atoms with Crippen molar-refractivity contribution in [2.45, 2.75) is 6.42 Å².